The first-order valence-electron chi connectivity index (χ1n) is 8.92. The van der Waals surface area contributed by atoms with Crippen LogP contribution in [0.25, 0.3) is 0 Å². The lowest BCUT2D eigenvalue weighted by atomic mass is 10.1. The summed E-state index contributed by atoms with van der Waals surface area (Å²) in [4.78, 5) is 32.2. The summed E-state index contributed by atoms with van der Waals surface area (Å²) >= 11 is 0. The molecule has 1 unspecified atom stereocenters. The third-order valence-corrected chi connectivity index (χ3v) is 3.95. The normalized spacial score (nSPS) is 11.8. The highest BCUT2D eigenvalue weighted by Gasteiger charge is 2.17. The molecule has 7 nitrogen and oxygen atoms in total. The Kier molecular flexibility index (Phi) is 7.58. The van der Waals surface area contributed by atoms with Gasteiger partial charge in [0.1, 0.15) is 5.78 Å². The Morgan fingerprint density at radius 1 is 1.24 bits per heavy atom. The second kappa shape index (κ2) is 9.90. The smallest absolute Gasteiger partial charge is 0.272 e. The van der Waals surface area contributed by atoms with Gasteiger partial charge in [0, 0.05) is 29.6 Å². The van der Waals surface area contributed by atoms with Crippen LogP contribution >= 0.6 is 0 Å². The van der Waals surface area contributed by atoms with Crippen molar-refractivity contribution in [1.29, 1.82) is 0 Å². The number of Topliss-reactive ketones (excluding diaryl/α,β-unsaturated/α-hetero) is 1. The summed E-state index contributed by atoms with van der Waals surface area (Å²) in [6.07, 6.45) is -1.05. The topological polar surface area (TPSA) is 90.4 Å². The highest BCUT2D eigenvalue weighted by atomic mass is 19.3. The van der Waals surface area contributed by atoms with Crippen LogP contribution in [0, 0.1) is 6.92 Å². The number of hydrogen-bond donors (Lipinski definition) is 1. The largest absolute Gasteiger partial charge is 0.491 e. The van der Waals surface area contributed by atoms with Crippen LogP contribution in [-0.2, 0) is 11.2 Å². The number of amides is 1. The summed E-state index contributed by atoms with van der Waals surface area (Å²) in [5.74, 6) is -0.249. The van der Waals surface area contributed by atoms with Gasteiger partial charge in [-0.3, -0.25) is 14.6 Å². The number of pyridine rings is 2. The molecule has 0 aliphatic carbocycles. The number of alkyl halides is 2. The molecule has 0 aromatic carbocycles. The van der Waals surface area contributed by atoms with Crippen molar-refractivity contribution in [3.63, 3.8) is 0 Å². The number of rotatable bonds is 9. The van der Waals surface area contributed by atoms with Crippen molar-refractivity contribution in [2.45, 2.75) is 39.7 Å². The van der Waals surface area contributed by atoms with E-state index in [0.29, 0.717) is 22.5 Å². The molecule has 0 bridgehead atoms. The number of carbonyl (C=O) groups excluding carboxylic acids is 2. The fraction of sp³-hybridized carbons (Fsp3) is 0.400. The van der Waals surface area contributed by atoms with Crippen LogP contribution in [0.4, 0.5) is 8.78 Å². The Morgan fingerprint density at radius 2 is 1.97 bits per heavy atom. The second-order valence-electron chi connectivity index (χ2n) is 6.54. The number of nitrogens with zero attached hydrogens (tertiary/aromatic N) is 2. The minimum atomic E-state index is -2.63. The Morgan fingerprint density at radius 3 is 2.59 bits per heavy atom. The van der Waals surface area contributed by atoms with Crippen molar-refractivity contribution in [2.24, 2.45) is 0 Å². The molecule has 1 atom stereocenters. The highest BCUT2D eigenvalue weighted by Crippen LogP contribution is 2.28. The second-order valence-corrected chi connectivity index (χ2v) is 6.54. The lowest BCUT2D eigenvalue weighted by Crippen LogP contribution is -2.27. The van der Waals surface area contributed by atoms with Crippen LogP contribution in [0.5, 0.6) is 11.6 Å². The third kappa shape index (κ3) is 6.48. The van der Waals surface area contributed by atoms with Gasteiger partial charge in [0.25, 0.3) is 18.2 Å². The van der Waals surface area contributed by atoms with Crippen molar-refractivity contribution in [2.75, 3.05) is 13.7 Å². The molecule has 2 rings (SSSR count). The molecule has 0 spiro atoms. The van der Waals surface area contributed by atoms with Crippen LogP contribution in [0.15, 0.2) is 24.4 Å². The van der Waals surface area contributed by atoms with E-state index in [1.165, 1.54) is 20.2 Å². The molecule has 2 aromatic heterocycles. The molecule has 2 aromatic rings. The predicted octanol–water partition coefficient (Wildman–Crippen LogP) is 3.06. The van der Waals surface area contributed by atoms with E-state index < -0.39 is 19.1 Å². The van der Waals surface area contributed by atoms with Crippen molar-refractivity contribution in [3.05, 3.63) is 46.9 Å². The van der Waals surface area contributed by atoms with Gasteiger partial charge >= 0.3 is 0 Å². The molecule has 0 saturated heterocycles. The maximum Gasteiger partial charge on any atom is 0.272 e. The van der Waals surface area contributed by atoms with Crippen molar-refractivity contribution in [3.8, 4) is 11.6 Å². The number of methoxy groups -OCH3 is 1. The van der Waals surface area contributed by atoms with Gasteiger partial charge in [-0.05, 0) is 44.5 Å². The number of carbonyl (C=O) groups is 2. The lowest BCUT2D eigenvalue weighted by Gasteiger charge is -2.17. The molecular formula is C20H23F2N3O4. The number of aryl methyl sites for hydroxylation is 1. The first-order chi connectivity index (χ1) is 13.7. The zero-order chi connectivity index (χ0) is 21.6. The van der Waals surface area contributed by atoms with E-state index >= 15 is 0 Å². The van der Waals surface area contributed by atoms with Crippen LogP contribution in [0.1, 0.15) is 47.2 Å². The summed E-state index contributed by atoms with van der Waals surface area (Å²) in [6.45, 7) is 4.16. The van der Waals surface area contributed by atoms with Gasteiger partial charge in [0.15, 0.2) is 12.4 Å². The van der Waals surface area contributed by atoms with Crippen LogP contribution in [-0.4, -0.2) is 41.8 Å². The third-order valence-electron chi connectivity index (χ3n) is 3.95. The Balaban J connectivity index is 2.15. The molecule has 0 fully saturated rings. The molecule has 0 aliphatic heterocycles. The average Bonchev–Trinajstić information content (AvgIpc) is 2.64. The van der Waals surface area contributed by atoms with E-state index in [0.717, 1.165) is 0 Å². The molecule has 1 N–H and O–H groups in total. The highest BCUT2D eigenvalue weighted by molar-refractivity contribution is 5.94. The number of halogens is 2. The van der Waals surface area contributed by atoms with E-state index in [2.05, 4.69) is 15.3 Å². The molecule has 2 heterocycles. The minimum absolute atomic E-state index is 0.0462. The van der Waals surface area contributed by atoms with E-state index in [1.807, 2.05) is 0 Å². The number of ether oxygens (including phenoxy) is 2. The Bertz CT molecular complexity index is 890. The van der Waals surface area contributed by atoms with Crippen molar-refractivity contribution < 1.29 is 27.8 Å². The minimum Gasteiger partial charge on any atom is -0.491 e. The van der Waals surface area contributed by atoms with Crippen LogP contribution in [0.2, 0.25) is 0 Å². The quantitative estimate of drug-likeness (QED) is 0.687. The fourth-order valence-electron chi connectivity index (χ4n) is 2.66. The summed E-state index contributed by atoms with van der Waals surface area (Å²) in [5, 5.41) is 2.83. The van der Waals surface area contributed by atoms with Gasteiger partial charge in [0.05, 0.1) is 13.2 Å². The predicted molar refractivity (Wildman–Crippen MR) is 102 cm³/mol. The molecule has 0 radical (unpaired) electrons. The SMILES string of the molecule is COc1cc(C(C)NC(=O)c2cc(C)nc(CC(C)=O)c2)cnc1OCC(F)F. The number of aromatic nitrogens is 2. The Labute approximate surface area is 167 Å². The van der Waals surface area contributed by atoms with E-state index in [9.17, 15) is 18.4 Å². The van der Waals surface area contributed by atoms with Gasteiger partial charge in [-0.15, -0.1) is 0 Å². The zero-order valence-electron chi connectivity index (χ0n) is 16.7. The van der Waals surface area contributed by atoms with Gasteiger partial charge in [-0.2, -0.15) is 0 Å². The molecular weight excluding hydrogens is 384 g/mol. The summed E-state index contributed by atoms with van der Waals surface area (Å²) < 4.78 is 34.7. The summed E-state index contributed by atoms with van der Waals surface area (Å²) in [7, 11) is 1.37. The zero-order valence-corrected chi connectivity index (χ0v) is 16.7. The maximum absolute atomic E-state index is 12.6. The maximum atomic E-state index is 12.6. The summed E-state index contributed by atoms with van der Waals surface area (Å²) in [5.41, 5.74) is 2.15. The summed E-state index contributed by atoms with van der Waals surface area (Å²) in [6, 6.07) is 4.33. The molecule has 9 heteroatoms. The van der Waals surface area contributed by atoms with E-state index in [4.69, 9.17) is 9.47 Å². The molecule has 1 amide bonds. The number of hydrogen-bond acceptors (Lipinski definition) is 6. The van der Waals surface area contributed by atoms with Crippen molar-refractivity contribution >= 4 is 11.7 Å². The average molecular weight is 407 g/mol. The molecule has 156 valence electrons. The Hall–Kier alpha value is -3.10. The van der Waals surface area contributed by atoms with E-state index in [-0.39, 0.29) is 29.7 Å². The lowest BCUT2D eigenvalue weighted by molar-refractivity contribution is -0.116. The number of nitrogens with one attached hydrogen (secondary N) is 1. The van der Waals surface area contributed by atoms with Crippen LogP contribution < -0.4 is 14.8 Å². The van der Waals surface area contributed by atoms with Gasteiger partial charge in [0.2, 0.25) is 0 Å². The van der Waals surface area contributed by atoms with Gasteiger partial charge < -0.3 is 14.8 Å². The molecule has 0 saturated carbocycles. The van der Waals surface area contributed by atoms with Gasteiger partial charge in [-0.1, -0.05) is 0 Å². The first kappa shape index (κ1) is 22.2. The molecule has 29 heavy (non-hydrogen) atoms. The van der Waals surface area contributed by atoms with E-state index in [1.54, 1.807) is 32.0 Å². The van der Waals surface area contributed by atoms with Crippen LogP contribution in [0.3, 0.4) is 0 Å². The number of ketones is 1. The van der Waals surface area contributed by atoms with Crippen molar-refractivity contribution in [1.82, 2.24) is 15.3 Å². The monoisotopic (exact) mass is 407 g/mol. The fourth-order valence-corrected chi connectivity index (χ4v) is 2.66. The molecule has 0 aliphatic rings. The first-order valence-corrected chi connectivity index (χ1v) is 8.92. The standard InChI is InChI=1S/C20H23F2N3O4/c1-11-5-14(7-16(24-11)6-12(2)26)19(27)25-13(3)15-8-17(28-4)20(23-9-15)29-10-18(21)22/h5,7-9,13,18H,6,10H2,1-4H3,(H,25,27). The van der Waals surface area contributed by atoms with Gasteiger partial charge in [-0.25, -0.2) is 13.8 Å².